The van der Waals surface area contributed by atoms with E-state index in [-0.39, 0.29) is 13.2 Å². The molecule has 0 saturated heterocycles. The van der Waals surface area contributed by atoms with Crippen LogP contribution in [0.5, 0.6) is 0 Å². The molecule has 1 heterocycles. The number of nitrogens with zero attached hydrogens (tertiary/aromatic N) is 4. The number of rotatable bonds is 3. The summed E-state index contributed by atoms with van der Waals surface area (Å²) in [6.07, 6.45) is 0. The van der Waals surface area contributed by atoms with E-state index in [0.717, 1.165) is 5.56 Å². The summed E-state index contributed by atoms with van der Waals surface area (Å²) in [6, 6.07) is 9.11. The van der Waals surface area contributed by atoms with Gasteiger partial charge in [0.15, 0.2) is 0 Å². The smallest absolute Gasteiger partial charge is 0.130 e. The number of benzene rings is 1. The van der Waals surface area contributed by atoms with Gasteiger partial charge in [-0.25, -0.2) is 4.68 Å². The largest absolute Gasteiger partial charge is 0.390 e. The summed E-state index contributed by atoms with van der Waals surface area (Å²) in [6.45, 7) is -0.151. The first-order chi connectivity index (χ1) is 8.26. The molecule has 1 aromatic heterocycles. The van der Waals surface area contributed by atoms with Crippen molar-refractivity contribution in [3.63, 3.8) is 0 Å². The van der Waals surface area contributed by atoms with E-state index in [1.165, 1.54) is 4.68 Å². The number of hydrogen-bond acceptors (Lipinski definition) is 4. The van der Waals surface area contributed by atoms with Gasteiger partial charge < -0.3 is 5.11 Å². The third-order valence-electron chi connectivity index (χ3n) is 2.27. The van der Waals surface area contributed by atoms with Crippen molar-refractivity contribution < 1.29 is 5.11 Å². The molecule has 0 aliphatic carbocycles. The molecular formula is C11H9ClN4O. The quantitative estimate of drug-likeness (QED) is 0.896. The Morgan fingerprint density at radius 2 is 2.29 bits per heavy atom. The van der Waals surface area contributed by atoms with Crippen molar-refractivity contribution in [3.8, 4) is 17.3 Å². The first kappa shape index (κ1) is 11.6. The van der Waals surface area contributed by atoms with Gasteiger partial charge in [-0.15, -0.1) is 5.10 Å². The van der Waals surface area contributed by atoms with Crippen LogP contribution in [0.4, 0.5) is 0 Å². The van der Waals surface area contributed by atoms with E-state index in [0.29, 0.717) is 16.4 Å². The molecule has 0 fully saturated rings. The van der Waals surface area contributed by atoms with Crippen LogP contribution in [0.25, 0.3) is 11.3 Å². The van der Waals surface area contributed by atoms with E-state index in [4.69, 9.17) is 16.9 Å². The minimum atomic E-state index is -0.229. The standard InChI is InChI=1S/C11H9ClN4O/c12-9-3-1-2-8(6-9)11-10(7-17)14-15-16(11)5-4-13/h1-3,6,17H,5,7H2. The van der Waals surface area contributed by atoms with Crippen molar-refractivity contribution in [1.29, 1.82) is 5.26 Å². The highest BCUT2D eigenvalue weighted by atomic mass is 35.5. The number of nitriles is 1. The van der Waals surface area contributed by atoms with E-state index in [1.54, 1.807) is 18.2 Å². The average Bonchev–Trinajstić information content (AvgIpc) is 2.72. The molecule has 2 rings (SSSR count). The molecule has 0 atom stereocenters. The summed E-state index contributed by atoms with van der Waals surface area (Å²) in [5.41, 5.74) is 1.83. The molecule has 17 heavy (non-hydrogen) atoms. The molecule has 0 spiro atoms. The molecule has 2 aromatic rings. The fourth-order valence-electron chi connectivity index (χ4n) is 1.58. The number of aliphatic hydroxyl groups is 1. The predicted octanol–water partition coefficient (Wildman–Crippen LogP) is 1.61. The Morgan fingerprint density at radius 3 is 2.94 bits per heavy atom. The summed E-state index contributed by atoms with van der Waals surface area (Å²) in [5.74, 6) is 0. The fraction of sp³-hybridized carbons (Fsp3) is 0.182. The SMILES string of the molecule is N#CCn1nnc(CO)c1-c1cccc(Cl)c1. The molecule has 1 aromatic carbocycles. The summed E-state index contributed by atoms with van der Waals surface area (Å²) in [4.78, 5) is 0. The maximum Gasteiger partial charge on any atom is 0.130 e. The van der Waals surface area contributed by atoms with Crippen LogP contribution in [0.1, 0.15) is 5.69 Å². The van der Waals surface area contributed by atoms with Crippen molar-refractivity contribution in [2.24, 2.45) is 0 Å². The molecule has 6 heteroatoms. The van der Waals surface area contributed by atoms with Crippen LogP contribution in [0, 0.1) is 11.3 Å². The number of halogens is 1. The second-order valence-electron chi connectivity index (χ2n) is 3.37. The van der Waals surface area contributed by atoms with Gasteiger partial charge >= 0.3 is 0 Å². The molecule has 0 aliphatic rings. The van der Waals surface area contributed by atoms with Crippen LogP contribution >= 0.6 is 11.6 Å². The van der Waals surface area contributed by atoms with E-state index in [1.807, 2.05) is 12.1 Å². The molecule has 86 valence electrons. The van der Waals surface area contributed by atoms with Gasteiger partial charge in [0.1, 0.15) is 12.2 Å². The second-order valence-corrected chi connectivity index (χ2v) is 3.81. The predicted molar refractivity (Wildman–Crippen MR) is 62.0 cm³/mol. The Morgan fingerprint density at radius 1 is 1.47 bits per heavy atom. The number of aliphatic hydroxyl groups excluding tert-OH is 1. The maximum absolute atomic E-state index is 9.20. The molecule has 0 amide bonds. The lowest BCUT2D eigenvalue weighted by atomic mass is 10.1. The first-order valence-corrected chi connectivity index (χ1v) is 5.30. The normalized spacial score (nSPS) is 10.2. The Bertz CT molecular complexity index is 573. The molecule has 0 bridgehead atoms. The van der Waals surface area contributed by atoms with E-state index < -0.39 is 0 Å². The minimum Gasteiger partial charge on any atom is -0.390 e. The zero-order chi connectivity index (χ0) is 12.3. The van der Waals surface area contributed by atoms with Crippen LogP contribution in [-0.2, 0) is 13.2 Å². The Hall–Kier alpha value is -1.90. The van der Waals surface area contributed by atoms with Crippen LogP contribution in [-0.4, -0.2) is 20.1 Å². The summed E-state index contributed by atoms with van der Waals surface area (Å²) in [7, 11) is 0. The van der Waals surface area contributed by atoms with Gasteiger partial charge in [-0.1, -0.05) is 28.9 Å². The van der Waals surface area contributed by atoms with Crippen molar-refractivity contribution in [1.82, 2.24) is 15.0 Å². The van der Waals surface area contributed by atoms with Gasteiger partial charge in [0.05, 0.1) is 18.4 Å². The third kappa shape index (κ3) is 2.28. The van der Waals surface area contributed by atoms with E-state index >= 15 is 0 Å². The summed E-state index contributed by atoms with van der Waals surface area (Å²) >= 11 is 5.91. The highest BCUT2D eigenvalue weighted by Gasteiger charge is 2.14. The molecule has 0 unspecified atom stereocenters. The molecule has 0 saturated carbocycles. The van der Waals surface area contributed by atoms with Crippen LogP contribution in [0.2, 0.25) is 5.02 Å². The van der Waals surface area contributed by atoms with Gasteiger partial charge in [-0.3, -0.25) is 0 Å². The topological polar surface area (TPSA) is 74.7 Å². The Balaban J connectivity index is 2.56. The lowest BCUT2D eigenvalue weighted by molar-refractivity contribution is 0.277. The lowest BCUT2D eigenvalue weighted by Gasteiger charge is -2.04. The van der Waals surface area contributed by atoms with Crippen molar-refractivity contribution >= 4 is 11.6 Å². The van der Waals surface area contributed by atoms with Gasteiger partial charge in [-0.2, -0.15) is 5.26 Å². The van der Waals surface area contributed by atoms with Crippen LogP contribution < -0.4 is 0 Å². The van der Waals surface area contributed by atoms with Crippen molar-refractivity contribution in [2.45, 2.75) is 13.2 Å². The number of aromatic nitrogens is 3. The highest BCUT2D eigenvalue weighted by molar-refractivity contribution is 6.30. The lowest BCUT2D eigenvalue weighted by Crippen LogP contribution is -2.01. The minimum absolute atomic E-state index is 0.0782. The van der Waals surface area contributed by atoms with Gasteiger partial charge in [-0.05, 0) is 12.1 Å². The van der Waals surface area contributed by atoms with Gasteiger partial charge in [0.25, 0.3) is 0 Å². The monoisotopic (exact) mass is 248 g/mol. The summed E-state index contributed by atoms with van der Waals surface area (Å²) < 4.78 is 1.44. The zero-order valence-corrected chi connectivity index (χ0v) is 9.59. The van der Waals surface area contributed by atoms with E-state index in [9.17, 15) is 5.11 Å². The van der Waals surface area contributed by atoms with Crippen molar-refractivity contribution in [2.75, 3.05) is 0 Å². The van der Waals surface area contributed by atoms with E-state index in [2.05, 4.69) is 10.3 Å². The van der Waals surface area contributed by atoms with Crippen molar-refractivity contribution in [3.05, 3.63) is 35.0 Å². The molecule has 1 N–H and O–H groups in total. The van der Waals surface area contributed by atoms with Gasteiger partial charge in [0, 0.05) is 10.6 Å². The first-order valence-electron chi connectivity index (χ1n) is 4.92. The summed E-state index contributed by atoms with van der Waals surface area (Å²) in [5, 5.41) is 26.1. The maximum atomic E-state index is 9.20. The highest BCUT2D eigenvalue weighted by Crippen LogP contribution is 2.24. The average molecular weight is 249 g/mol. The third-order valence-corrected chi connectivity index (χ3v) is 2.51. The van der Waals surface area contributed by atoms with Gasteiger partial charge in [0.2, 0.25) is 0 Å². The fourth-order valence-corrected chi connectivity index (χ4v) is 1.77. The number of hydrogen-bond donors (Lipinski definition) is 1. The molecule has 5 nitrogen and oxygen atoms in total. The molecule has 0 radical (unpaired) electrons. The second kappa shape index (κ2) is 4.95. The Kier molecular flexibility index (Phi) is 3.38. The molecular weight excluding hydrogens is 240 g/mol. The van der Waals surface area contributed by atoms with Crippen LogP contribution in [0.15, 0.2) is 24.3 Å². The molecule has 0 aliphatic heterocycles. The Labute approximate surface area is 103 Å². The zero-order valence-electron chi connectivity index (χ0n) is 8.84. The van der Waals surface area contributed by atoms with Crippen LogP contribution in [0.3, 0.4) is 0 Å².